The molecule has 0 saturated heterocycles. The second-order valence-electron chi connectivity index (χ2n) is 7.56. The summed E-state index contributed by atoms with van der Waals surface area (Å²) in [6.45, 7) is 4.56. The van der Waals surface area contributed by atoms with Gasteiger partial charge in [-0.25, -0.2) is 13.4 Å². The summed E-state index contributed by atoms with van der Waals surface area (Å²) < 4.78 is 28.9. The molecule has 0 fully saturated rings. The number of fused-ring (bicyclic) bond motifs is 1. The van der Waals surface area contributed by atoms with Crippen LogP contribution in [-0.4, -0.2) is 52.9 Å². The van der Waals surface area contributed by atoms with Crippen LogP contribution in [0, 0.1) is 0 Å². The highest BCUT2D eigenvalue weighted by molar-refractivity contribution is 7.89. The van der Waals surface area contributed by atoms with E-state index in [1.165, 1.54) is 4.31 Å². The number of aryl methyl sites for hydroxylation is 2. The van der Waals surface area contributed by atoms with Gasteiger partial charge in [0.25, 0.3) is 0 Å². The molecule has 0 radical (unpaired) electrons. The Morgan fingerprint density at radius 3 is 2.50 bits per heavy atom. The third-order valence-electron chi connectivity index (χ3n) is 5.54. The molecule has 3 aromatic rings. The first-order valence-electron chi connectivity index (χ1n) is 10.7. The highest BCUT2D eigenvalue weighted by Gasteiger charge is 2.22. The SMILES string of the molecule is CCN(CC)S(=O)(=O)c1ccc2c(c1)nc(CCC(=O)NCC(O)c1ccccc1)n2C. The minimum Gasteiger partial charge on any atom is -0.387 e. The molecule has 0 aliphatic carbocycles. The molecule has 8 nitrogen and oxygen atoms in total. The molecular weight excluding hydrogens is 428 g/mol. The number of nitrogens with one attached hydrogen (secondary N) is 1. The number of aromatic nitrogens is 2. The van der Waals surface area contributed by atoms with Gasteiger partial charge < -0.3 is 15.0 Å². The molecule has 1 amide bonds. The summed E-state index contributed by atoms with van der Waals surface area (Å²) >= 11 is 0. The van der Waals surface area contributed by atoms with E-state index in [0.717, 1.165) is 11.1 Å². The topological polar surface area (TPSA) is 105 Å². The van der Waals surface area contributed by atoms with Gasteiger partial charge in [0.2, 0.25) is 15.9 Å². The third kappa shape index (κ3) is 5.17. The van der Waals surface area contributed by atoms with Crippen molar-refractivity contribution in [3.8, 4) is 0 Å². The summed E-state index contributed by atoms with van der Waals surface area (Å²) in [4.78, 5) is 17.0. The molecule has 3 rings (SSSR count). The van der Waals surface area contributed by atoms with Crippen LogP contribution in [0.4, 0.5) is 0 Å². The van der Waals surface area contributed by atoms with E-state index in [0.29, 0.717) is 30.9 Å². The van der Waals surface area contributed by atoms with Crippen LogP contribution in [0.3, 0.4) is 0 Å². The van der Waals surface area contributed by atoms with Crippen LogP contribution in [0.5, 0.6) is 0 Å². The smallest absolute Gasteiger partial charge is 0.243 e. The number of carbonyl (C=O) groups is 1. The van der Waals surface area contributed by atoms with E-state index in [1.54, 1.807) is 18.2 Å². The Bertz CT molecular complexity index is 1170. The highest BCUT2D eigenvalue weighted by atomic mass is 32.2. The van der Waals surface area contributed by atoms with E-state index in [1.807, 2.05) is 55.8 Å². The van der Waals surface area contributed by atoms with Gasteiger partial charge >= 0.3 is 0 Å². The van der Waals surface area contributed by atoms with Gasteiger partial charge in [0.15, 0.2) is 0 Å². The summed E-state index contributed by atoms with van der Waals surface area (Å²) in [5.41, 5.74) is 2.13. The molecule has 1 unspecified atom stereocenters. The summed E-state index contributed by atoms with van der Waals surface area (Å²) in [6, 6.07) is 14.1. The maximum absolute atomic E-state index is 12.8. The molecule has 32 heavy (non-hydrogen) atoms. The van der Waals surface area contributed by atoms with Crippen molar-refractivity contribution in [3.63, 3.8) is 0 Å². The average molecular weight is 459 g/mol. The third-order valence-corrected chi connectivity index (χ3v) is 7.59. The summed E-state index contributed by atoms with van der Waals surface area (Å²) in [5.74, 6) is 0.507. The van der Waals surface area contributed by atoms with Crippen molar-refractivity contribution in [2.75, 3.05) is 19.6 Å². The molecule has 0 saturated carbocycles. The van der Waals surface area contributed by atoms with Gasteiger partial charge in [-0.15, -0.1) is 0 Å². The predicted molar refractivity (Wildman–Crippen MR) is 124 cm³/mol. The first kappa shape index (κ1) is 23.9. The number of aliphatic hydroxyl groups is 1. The van der Waals surface area contributed by atoms with Crippen LogP contribution in [0.1, 0.15) is 37.8 Å². The Hall–Kier alpha value is -2.75. The van der Waals surface area contributed by atoms with E-state index in [2.05, 4.69) is 10.3 Å². The number of hydrogen-bond donors (Lipinski definition) is 2. The molecule has 2 N–H and O–H groups in total. The number of hydrogen-bond acceptors (Lipinski definition) is 5. The van der Waals surface area contributed by atoms with Gasteiger partial charge in [-0.2, -0.15) is 4.31 Å². The molecule has 0 bridgehead atoms. The lowest BCUT2D eigenvalue weighted by Crippen LogP contribution is -2.30. The quantitative estimate of drug-likeness (QED) is 0.485. The Kier molecular flexibility index (Phi) is 7.65. The van der Waals surface area contributed by atoms with Crippen molar-refractivity contribution in [1.82, 2.24) is 19.2 Å². The van der Waals surface area contributed by atoms with Crippen LogP contribution in [0.25, 0.3) is 11.0 Å². The first-order valence-corrected chi connectivity index (χ1v) is 12.2. The largest absolute Gasteiger partial charge is 0.387 e. The van der Waals surface area contributed by atoms with Crippen molar-refractivity contribution in [2.24, 2.45) is 7.05 Å². The summed E-state index contributed by atoms with van der Waals surface area (Å²) in [6.07, 6.45) is -0.151. The minimum atomic E-state index is -3.56. The van der Waals surface area contributed by atoms with Gasteiger partial charge in [-0.05, 0) is 23.8 Å². The van der Waals surface area contributed by atoms with Crippen LogP contribution >= 0.6 is 0 Å². The number of sulfonamides is 1. The Morgan fingerprint density at radius 2 is 1.84 bits per heavy atom. The Balaban J connectivity index is 1.66. The fourth-order valence-corrected chi connectivity index (χ4v) is 5.12. The summed E-state index contributed by atoms with van der Waals surface area (Å²) in [5, 5.41) is 12.9. The fourth-order valence-electron chi connectivity index (χ4n) is 3.64. The standard InChI is InChI=1S/C23H30N4O4S/c1-4-27(5-2)32(30,31)18-11-12-20-19(15-18)25-22(26(20)3)13-14-23(29)24-16-21(28)17-9-7-6-8-10-17/h6-12,15,21,28H,4-5,13-14,16H2,1-3H3,(H,24,29). The molecule has 0 aliphatic heterocycles. The van der Waals surface area contributed by atoms with E-state index >= 15 is 0 Å². The van der Waals surface area contributed by atoms with E-state index in [-0.39, 0.29) is 23.8 Å². The zero-order chi connectivity index (χ0) is 23.3. The zero-order valence-corrected chi connectivity index (χ0v) is 19.5. The van der Waals surface area contributed by atoms with Crippen LogP contribution in [-0.2, 0) is 28.3 Å². The average Bonchev–Trinajstić information content (AvgIpc) is 3.12. The fraction of sp³-hybridized carbons (Fsp3) is 0.391. The molecule has 9 heteroatoms. The maximum atomic E-state index is 12.8. The molecule has 1 heterocycles. The summed E-state index contributed by atoms with van der Waals surface area (Å²) in [7, 11) is -1.72. The highest BCUT2D eigenvalue weighted by Crippen LogP contribution is 2.23. The molecule has 1 aromatic heterocycles. The number of rotatable bonds is 10. The number of benzene rings is 2. The molecular formula is C23H30N4O4S. The molecule has 1 atom stereocenters. The Morgan fingerprint density at radius 1 is 1.16 bits per heavy atom. The van der Waals surface area contributed by atoms with Crippen LogP contribution in [0.15, 0.2) is 53.4 Å². The number of imidazole rings is 1. The first-order chi connectivity index (χ1) is 15.3. The van der Waals surface area contributed by atoms with Crippen molar-refractivity contribution in [2.45, 2.75) is 37.7 Å². The Labute approximate surface area is 188 Å². The molecule has 0 spiro atoms. The molecule has 172 valence electrons. The van der Waals surface area contributed by atoms with Crippen LogP contribution in [0.2, 0.25) is 0 Å². The lowest BCUT2D eigenvalue weighted by atomic mass is 10.1. The predicted octanol–water partition coefficient (Wildman–Crippen LogP) is 2.39. The second kappa shape index (κ2) is 10.2. The second-order valence-corrected chi connectivity index (χ2v) is 9.50. The normalized spacial score (nSPS) is 12.9. The lowest BCUT2D eigenvalue weighted by molar-refractivity contribution is -0.121. The lowest BCUT2D eigenvalue weighted by Gasteiger charge is -2.18. The number of amides is 1. The van der Waals surface area contributed by atoms with Gasteiger partial charge in [-0.1, -0.05) is 44.2 Å². The van der Waals surface area contributed by atoms with Gasteiger partial charge in [0.1, 0.15) is 5.82 Å². The number of aliphatic hydroxyl groups excluding tert-OH is 1. The number of carbonyl (C=O) groups excluding carboxylic acids is 1. The van der Waals surface area contributed by atoms with Crippen molar-refractivity contribution in [1.29, 1.82) is 0 Å². The van der Waals surface area contributed by atoms with Crippen molar-refractivity contribution < 1.29 is 18.3 Å². The van der Waals surface area contributed by atoms with Crippen LogP contribution < -0.4 is 5.32 Å². The van der Waals surface area contributed by atoms with Crippen molar-refractivity contribution >= 4 is 27.0 Å². The van der Waals surface area contributed by atoms with E-state index < -0.39 is 16.1 Å². The van der Waals surface area contributed by atoms with Crippen molar-refractivity contribution in [3.05, 3.63) is 59.9 Å². The van der Waals surface area contributed by atoms with Gasteiger partial charge in [0, 0.05) is 39.5 Å². The minimum absolute atomic E-state index is 0.137. The molecule has 2 aromatic carbocycles. The maximum Gasteiger partial charge on any atom is 0.243 e. The monoisotopic (exact) mass is 458 g/mol. The van der Waals surface area contributed by atoms with E-state index in [4.69, 9.17) is 0 Å². The van der Waals surface area contributed by atoms with Gasteiger partial charge in [0.05, 0.1) is 22.0 Å². The zero-order valence-electron chi connectivity index (χ0n) is 18.7. The van der Waals surface area contributed by atoms with Gasteiger partial charge in [-0.3, -0.25) is 4.79 Å². The van der Waals surface area contributed by atoms with E-state index in [9.17, 15) is 18.3 Å². The molecule has 0 aliphatic rings. The number of nitrogens with zero attached hydrogens (tertiary/aromatic N) is 3.